The van der Waals surface area contributed by atoms with Crippen molar-refractivity contribution >= 4 is 21.8 Å². The summed E-state index contributed by atoms with van der Waals surface area (Å²) in [5.74, 6) is -0.0367. The molecule has 0 atom stereocenters. The molecule has 2 rings (SSSR count). The number of hydrogen-bond acceptors (Lipinski definition) is 5. The molecule has 2 N–H and O–H groups in total. The molecule has 0 fully saturated rings. The fraction of sp³-hybridized carbons (Fsp3) is 0.391. The van der Waals surface area contributed by atoms with E-state index in [2.05, 4.69) is 10.6 Å². The van der Waals surface area contributed by atoms with Gasteiger partial charge in [-0.1, -0.05) is 26.0 Å². The molecule has 0 radical (unpaired) electrons. The fourth-order valence-corrected chi connectivity index (χ4v) is 4.43. The Bertz CT molecular complexity index is 999. The van der Waals surface area contributed by atoms with Crippen molar-refractivity contribution in [1.29, 1.82) is 0 Å². The van der Waals surface area contributed by atoms with Crippen LogP contribution >= 0.6 is 0 Å². The van der Waals surface area contributed by atoms with Crippen LogP contribution in [0.25, 0.3) is 0 Å². The van der Waals surface area contributed by atoms with E-state index in [1.54, 1.807) is 50.2 Å². The highest BCUT2D eigenvalue weighted by Gasteiger charge is 2.21. The van der Waals surface area contributed by atoms with Crippen LogP contribution in [-0.4, -0.2) is 50.3 Å². The zero-order valence-electron chi connectivity index (χ0n) is 18.9. The molecule has 0 bridgehead atoms. The number of ether oxygens (including phenoxy) is 1. The molecule has 174 valence electrons. The lowest BCUT2D eigenvalue weighted by Crippen LogP contribution is -2.36. The Balaban J connectivity index is 1.83. The van der Waals surface area contributed by atoms with Crippen LogP contribution in [0.5, 0.6) is 5.75 Å². The van der Waals surface area contributed by atoms with E-state index >= 15 is 0 Å². The van der Waals surface area contributed by atoms with Crippen molar-refractivity contribution in [3.05, 3.63) is 59.7 Å². The predicted molar refractivity (Wildman–Crippen MR) is 123 cm³/mol. The van der Waals surface area contributed by atoms with Crippen molar-refractivity contribution < 1.29 is 22.7 Å². The van der Waals surface area contributed by atoms with Crippen LogP contribution in [0.2, 0.25) is 0 Å². The van der Waals surface area contributed by atoms with Crippen LogP contribution in [-0.2, 0) is 21.4 Å². The molecule has 0 unspecified atom stereocenters. The molecule has 32 heavy (non-hydrogen) atoms. The van der Waals surface area contributed by atoms with Gasteiger partial charge in [0.25, 0.3) is 5.91 Å². The summed E-state index contributed by atoms with van der Waals surface area (Å²) in [5, 5.41) is 5.28. The van der Waals surface area contributed by atoms with Gasteiger partial charge in [-0.3, -0.25) is 9.59 Å². The van der Waals surface area contributed by atoms with Crippen LogP contribution in [0.1, 0.15) is 43.6 Å². The van der Waals surface area contributed by atoms with Gasteiger partial charge in [0.1, 0.15) is 5.75 Å². The highest BCUT2D eigenvalue weighted by molar-refractivity contribution is 7.89. The van der Waals surface area contributed by atoms with Gasteiger partial charge in [-0.2, -0.15) is 4.31 Å². The fourth-order valence-electron chi connectivity index (χ4n) is 2.97. The van der Waals surface area contributed by atoms with Crippen LogP contribution < -0.4 is 15.4 Å². The first-order chi connectivity index (χ1) is 15.2. The van der Waals surface area contributed by atoms with Crippen molar-refractivity contribution in [2.75, 3.05) is 19.6 Å². The first-order valence-corrected chi connectivity index (χ1v) is 12.0. The highest BCUT2D eigenvalue weighted by Crippen LogP contribution is 2.16. The van der Waals surface area contributed by atoms with Crippen molar-refractivity contribution in [2.24, 2.45) is 0 Å². The van der Waals surface area contributed by atoms with E-state index in [1.165, 1.54) is 16.4 Å². The summed E-state index contributed by atoms with van der Waals surface area (Å²) < 4.78 is 31.9. The van der Waals surface area contributed by atoms with Crippen LogP contribution in [0.15, 0.2) is 53.4 Å². The number of carbonyl (C=O) groups excluding carboxylic acids is 2. The third-order valence-electron chi connectivity index (χ3n) is 4.65. The quantitative estimate of drug-likeness (QED) is 0.535. The number of nitrogens with one attached hydrogen (secondary N) is 2. The second-order valence-electron chi connectivity index (χ2n) is 7.38. The maximum atomic E-state index is 12.5. The predicted octanol–water partition coefficient (Wildman–Crippen LogP) is 2.55. The molecule has 0 spiro atoms. The number of rotatable bonds is 11. The molecule has 2 aromatic carbocycles. The molecule has 0 aliphatic heterocycles. The Kier molecular flexibility index (Phi) is 9.22. The maximum absolute atomic E-state index is 12.5. The molecule has 8 nitrogen and oxygen atoms in total. The average Bonchev–Trinajstić information content (AvgIpc) is 2.77. The van der Waals surface area contributed by atoms with E-state index in [-0.39, 0.29) is 35.9 Å². The summed E-state index contributed by atoms with van der Waals surface area (Å²) in [6.45, 7) is 8.28. The van der Waals surface area contributed by atoms with Crippen molar-refractivity contribution in [2.45, 2.75) is 45.2 Å². The van der Waals surface area contributed by atoms with E-state index in [0.717, 1.165) is 5.56 Å². The third-order valence-corrected chi connectivity index (χ3v) is 6.72. The minimum atomic E-state index is -3.51. The lowest BCUT2D eigenvalue weighted by Gasteiger charge is -2.18. The van der Waals surface area contributed by atoms with Crippen molar-refractivity contribution in [3.8, 4) is 5.75 Å². The molecular formula is C23H31N3O5S. The van der Waals surface area contributed by atoms with Gasteiger partial charge in [0, 0.05) is 25.2 Å². The van der Waals surface area contributed by atoms with Crippen LogP contribution in [0, 0.1) is 0 Å². The Labute approximate surface area is 190 Å². The van der Waals surface area contributed by atoms with Crippen LogP contribution in [0.4, 0.5) is 0 Å². The van der Waals surface area contributed by atoms with Gasteiger partial charge >= 0.3 is 0 Å². The summed E-state index contributed by atoms with van der Waals surface area (Å²) in [7, 11) is -3.51. The number of carbonyl (C=O) groups is 2. The number of nitrogens with zero attached hydrogens (tertiary/aromatic N) is 1. The van der Waals surface area contributed by atoms with E-state index in [1.807, 2.05) is 13.8 Å². The molecule has 0 saturated carbocycles. The lowest BCUT2D eigenvalue weighted by atomic mass is 10.2. The average molecular weight is 462 g/mol. The summed E-state index contributed by atoms with van der Waals surface area (Å²) in [6.07, 6.45) is 0.0429. The van der Waals surface area contributed by atoms with Crippen molar-refractivity contribution in [3.63, 3.8) is 0 Å². The second-order valence-corrected chi connectivity index (χ2v) is 9.32. The molecule has 0 saturated heterocycles. The monoisotopic (exact) mass is 461 g/mol. The largest absolute Gasteiger partial charge is 0.491 e. The molecule has 0 aromatic heterocycles. The number of hydrogen-bond donors (Lipinski definition) is 2. The topological polar surface area (TPSA) is 105 Å². The normalized spacial score (nSPS) is 11.4. The highest BCUT2D eigenvalue weighted by atomic mass is 32.2. The van der Waals surface area contributed by atoms with E-state index < -0.39 is 10.0 Å². The molecule has 0 aliphatic carbocycles. The van der Waals surface area contributed by atoms with Crippen molar-refractivity contribution in [1.82, 2.24) is 14.9 Å². The number of sulfonamides is 1. The van der Waals surface area contributed by atoms with Gasteiger partial charge in [0.05, 0.1) is 17.5 Å². The van der Waals surface area contributed by atoms with E-state index in [0.29, 0.717) is 24.4 Å². The van der Waals surface area contributed by atoms with E-state index in [4.69, 9.17) is 4.74 Å². The Morgan fingerprint density at radius 1 is 0.938 bits per heavy atom. The molecule has 2 aromatic rings. The second kappa shape index (κ2) is 11.6. The molecule has 0 aliphatic rings. The smallest absolute Gasteiger partial charge is 0.251 e. The maximum Gasteiger partial charge on any atom is 0.251 e. The Morgan fingerprint density at radius 2 is 1.53 bits per heavy atom. The Morgan fingerprint density at radius 3 is 2.06 bits per heavy atom. The number of amides is 2. The van der Waals surface area contributed by atoms with Gasteiger partial charge in [0.15, 0.2) is 0 Å². The van der Waals surface area contributed by atoms with Gasteiger partial charge in [-0.05, 0) is 55.8 Å². The van der Waals surface area contributed by atoms with E-state index in [9.17, 15) is 18.0 Å². The van der Waals surface area contributed by atoms with Gasteiger partial charge in [0.2, 0.25) is 15.9 Å². The molecule has 0 heterocycles. The van der Waals surface area contributed by atoms with Gasteiger partial charge < -0.3 is 15.4 Å². The standard InChI is InChI=1S/C23H31N3O5S/c1-5-26(6-2)32(29,30)21-13-7-18(8-14-21)15-24-22(27)16-25-23(28)19-9-11-20(12-10-19)31-17(3)4/h7-14,17H,5-6,15-16H2,1-4H3,(H,24,27)(H,25,28). The zero-order valence-corrected chi connectivity index (χ0v) is 19.7. The van der Waals surface area contributed by atoms with Gasteiger partial charge in [-0.15, -0.1) is 0 Å². The van der Waals surface area contributed by atoms with Crippen LogP contribution in [0.3, 0.4) is 0 Å². The Hall–Kier alpha value is -2.91. The first kappa shape index (κ1) is 25.4. The molecular weight excluding hydrogens is 430 g/mol. The molecule has 2 amide bonds. The summed E-state index contributed by atoms with van der Waals surface area (Å²) in [5.41, 5.74) is 1.18. The number of benzene rings is 2. The SMILES string of the molecule is CCN(CC)S(=O)(=O)c1ccc(CNC(=O)CNC(=O)c2ccc(OC(C)C)cc2)cc1. The summed E-state index contributed by atoms with van der Waals surface area (Å²) in [4.78, 5) is 24.5. The van der Waals surface area contributed by atoms with Gasteiger partial charge in [-0.25, -0.2) is 8.42 Å². The molecule has 9 heteroatoms. The summed E-state index contributed by atoms with van der Waals surface area (Å²) in [6, 6.07) is 13.1. The zero-order chi connectivity index (χ0) is 23.7. The summed E-state index contributed by atoms with van der Waals surface area (Å²) >= 11 is 0. The first-order valence-electron chi connectivity index (χ1n) is 10.6. The third kappa shape index (κ3) is 7.06. The minimum Gasteiger partial charge on any atom is -0.491 e. The lowest BCUT2D eigenvalue weighted by molar-refractivity contribution is -0.120. The minimum absolute atomic E-state index is 0.0429.